The second-order valence-electron chi connectivity index (χ2n) is 8.93. The van der Waals surface area contributed by atoms with Crippen LogP contribution < -0.4 is 9.64 Å². The van der Waals surface area contributed by atoms with Gasteiger partial charge in [-0.25, -0.2) is 0 Å². The number of nitrogens with zero attached hydrogens (tertiary/aromatic N) is 1. The van der Waals surface area contributed by atoms with Crippen LogP contribution in [0, 0.1) is 6.92 Å². The van der Waals surface area contributed by atoms with E-state index in [1.54, 1.807) is 0 Å². The van der Waals surface area contributed by atoms with Gasteiger partial charge >= 0.3 is 0 Å². The number of ether oxygens (including phenoxy) is 1. The number of aryl methyl sites for hydroxylation is 1. The van der Waals surface area contributed by atoms with Crippen LogP contribution in [0.4, 0.5) is 5.69 Å². The lowest BCUT2D eigenvalue weighted by atomic mass is 9.81. The van der Waals surface area contributed by atoms with Gasteiger partial charge in [-0.1, -0.05) is 66.7 Å². The van der Waals surface area contributed by atoms with Gasteiger partial charge < -0.3 is 9.64 Å². The van der Waals surface area contributed by atoms with Crippen molar-refractivity contribution in [2.45, 2.75) is 25.4 Å². The Morgan fingerprint density at radius 3 is 2.41 bits per heavy atom. The number of hydrogen-bond donors (Lipinski definition) is 0. The Morgan fingerprint density at radius 1 is 0.812 bits per heavy atom. The quantitative estimate of drug-likeness (QED) is 0.352. The number of hydrogen-bond acceptors (Lipinski definition) is 2. The maximum atomic E-state index is 6.95. The molecule has 2 heteroatoms. The van der Waals surface area contributed by atoms with E-state index in [-0.39, 0.29) is 0 Å². The maximum absolute atomic E-state index is 6.95. The molecule has 1 saturated heterocycles. The standard InChI is InChI=1S/C30H27NO/c1-22-21-25(31-19-7-8-20-31)14-15-28(22)30(24-10-3-2-4-11-24)18-17-27-26-12-6-5-9-23(26)13-16-29(27)32-30/h2-6,9-18,21H,7-8,19-20H2,1H3. The number of rotatable bonds is 3. The molecule has 0 bridgehead atoms. The fourth-order valence-electron chi connectivity index (χ4n) is 5.32. The van der Waals surface area contributed by atoms with Crippen LogP contribution in [0.25, 0.3) is 16.8 Å². The maximum Gasteiger partial charge on any atom is 0.178 e. The topological polar surface area (TPSA) is 12.5 Å². The van der Waals surface area contributed by atoms with Crippen molar-refractivity contribution in [3.8, 4) is 5.75 Å². The van der Waals surface area contributed by atoms with E-state index >= 15 is 0 Å². The van der Waals surface area contributed by atoms with Crippen LogP contribution in [0.15, 0.2) is 91.0 Å². The average Bonchev–Trinajstić information content (AvgIpc) is 3.39. The third-order valence-electron chi connectivity index (χ3n) is 6.97. The van der Waals surface area contributed by atoms with Gasteiger partial charge in [0.1, 0.15) is 5.75 Å². The Kier molecular flexibility index (Phi) is 4.53. The predicted molar refractivity (Wildman–Crippen MR) is 133 cm³/mol. The van der Waals surface area contributed by atoms with Crippen LogP contribution in [-0.4, -0.2) is 13.1 Å². The average molecular weight is 418 g/mol. The van der Waals surface area contributed by atoms with E-state index in [1.807, 2.05) is 0 Å². The zero-order chi connectivity index (χ0) is 21.5. The summed E-state index contributed by atoms with van der Waals surface area (Å²) in [4.78, 5) is 2.49. The van der Waals surface area contributed by atoms with Crippen LogP contribution in [-0.2, 0) is 5.60 Å². The van der Waals surface area contributed by atoms with Gasteiger partial charge in [-0.2, -0.15) is 0 Å². The lowest BCUT2D eigenvalue weighted by Crippen LogP contribution is -2.35. The molecule has 0 radical (unpaired) electrons. The molecule has 4 aromatic rings. The Bertz CT molecular complexity index is 1320. The first-order valence-electron chi connectivity index (χ1n) is 11.6. The lowest BCUT2D eigenvalue weighted by molar-refractivity contribution is 0.160. The van der Waals surface area contributed by atoms with Crippen molar-refractivity contribution < 1.29 is 4.74 Å². The van der Waals surface area contributed by atoms with Crippen molar-refractivity contribution in [2.24, 2.45) is 0 Å². The molecule has 1 atom stereocenters. The third-order valence-corrected chi connectivity index (χ3v) is 6.97. The molecule has 158 valence electrons. The molecule has 1 unspecified atom stereocenters. The highest BCUT2D eigenvalue weighted by molar-refractivity contribution is 5.94. The van der Waals surface area contributed by atoms with E-state index in [0.717, 1.165) is 30.0 Å². The van der Waals surface area contributed by atoms with E-state index < -0.39 is 5.60 Å². The molecule has 0 amide bonds. The highest BCUT2D eigenvalue weighted by Gasteiger charge is 2.38. The van der Waals surface area contributed by atoms with Gasteiger partial charge in [0.25, 0.3) is 0 Å². The third kappa shape index (κ3) is 3.02. The Hall–Kier alpha value is -3.52. The van der Waals surface area contributed by atoms with Crippen molar-refractivity contribution in [3.05, 3.63) is 113 Å². The summed E-state index contributed by atoms with van der Waals surface area (Å²) in [7, 11) is 0. The molecule has 2 heterocycles. The van der Waals surface area contributed by atoms with Crippen molar-refractivity contribution in [3.63, 3.8) is 0 Å². The van der Waals surface area contributed by atoms with Gasteiger partial charge in [0, 0.05) is 35.5 Å². The highest BCUT2D eigenvalue weighted by atomic mass is 16.5. The minimum Gasteiger partial charge on any atom is -0.473 e. The van der Waals surface area contributed by atoms with E-state index in [9.17, 15) is 0 Å². The van der Waals surface area contributed by atoms with Crippen LogP contribution in [0.1, 0.15) is 35.1 Å². The first kappa shape index (κ1) is 19.2. The molecule has 0 saturated carbocycles. The number of anilines is 1. The monoisotopic (exact) mass is 417 g/mol. The number of benzene rings is 4. The molecule has 32 heavy (non-hydrogen) atoms. The summed E-state index contributed by atoms with van der Waals surface area (Å²) in [5, 5.41) is 2.46. The van der Waals surface area contributed by atoms with Gasteiger partial charge in [-0.3, -0.25) is 0 Å². The summed E-state index contributed by atoms with van der Waals surface area (Å²) in [6.45, 7) is 4.52. The summed E-state index contributed by atoms with van der Waals surface area (Å²) in [5.74, 6) is 0.929. The summed E-state index contributed by atoms with van der Waals surface area (Å²) in [6, 6.07) is 30.3. The van der Waals surface area contributed by atoms with Crippen LogP contribution >= 0.6 is 0 Å². The lowest BCUT2D eigenvalue weighted by Gasteiger charge is -2.37. The summed E-state index contributed by atoms with van der Waals surface area (Å²) in [6.07, 6.45) is 7.06. The molecule has 0 aliphatic carbocycles. The zero-order valence-electron chi connectivity index (χ0n) is 18.4. The Balaban J connectivity index is 1.51. The van der Waals surface area contributed by atoms with Crippen molar-refractivity contribution in [1.82, 2.24) is 0 Å². The molecule has 0 spiro atoms. The molecular formula is C30H27NO. The smallest absolute Gasteiger partial charge is 0.178 e. The molecule has 0 N–H and O–H groups in total. The molecule has 2 nitrogen and oxygen atoms in total. The Morgan fingerprint density at radius 2 is 1.59 bits per heavy atom. The van der Waals surface area contributed by atoms with Crippen LogP contribution in [0.5, 0.6) is 5.75 Å². The SMILES string of the molecule is Cc1cc(N2CCCC2)ccc1C1(c2ccccc2)C=Cc2c(ccc3ccccc23)O1. The van der Waals surface area contributed by atoms with E-state index in [0.29, 0.717) is 0 Å². The molecule has 2 aliphatic heterocycles. The normalized spacial score (nSPS) is 19.7. The summed E-state index contributed by atoms with van der Waals surface area (Å²) in [5.41, 5.74) is 5.42. The van der Waals surface area contributed by atoms with Crippen LogP contribution in [0.3, 0.4) is 0 Å². The fraction of sp³-hybridized carbons (Fsp3) is 0.200. The fourth-order valence-corrected chi connectivity index (χ4v) is 5.32. The van der Waals surface area contributed by atoms with Gasteiger partial charge in [0.05, 0.1) is 0 Å². The minimum atomic E-state index is -0.648. The van der Waals surface area contributed by atoms with Crippen molar-refractivity contribution >= 4 is 22.5 Å². The Labute approximate surface area is 189 Å². The molecule has 6 rings (SSSR count). The summed E-state index contributed by atoms with van der Waals surface area (Å²) < 4.78 is 6.95. The zero-order valence-corrected chi connectivity index (χ0v) is 18.4. The second kappa shape index (κ2) is 7.56. The van der Waals surface area contributed by atoms with Gasteiger partial charge in [-0.05, 0) is 66.5 Å². The first-order chi connectivity index (χ1) is 15.7. The first-order valence-corrected chi connectivity index (χ1v) is 11.6. The van der Waals surface area contributed by atoms with Crippen LogP contribution in [0.2, 0.25) is 0 Å². The predicted octanol–water partition coefficient (Wildman–Crippen LogP) is 7.10. The molecule has 1 fully saturated rings. The van der Waals surface area contributed by atoms with E-state index in [2.05, 4.69) is 109 Å². The van der Waals surface area contributed by atoms with Crippen molar-refractivity contribution in [2.75, 3.05) is 18.0 Å². The molecule has 2 aliphatic rings. The minimum absolute atomic E-state index is 0.648. The number of fused-ring (bicyclic) bond motifs is 3. The molecular weight excluding hydrogens is 390 g/mol. The van der Waals surface area contributed by atoms with Gasteiger partial charge in [0.15, 0.2) is 5.60 Å². The highest BCUT2D eigenvalue weighted by Crippen LogP contribution is 2.45. The summed E-state index contributed by atoms with van der Waals surface area (Å²) >= 11 is 0. The van der Waals surface area contributed by atoms with E-state index in [1.165, 1.54) is 40.4 Å². The van der Waals surface area contributed by atoms with E-state index in [4.69, 9.17) is 4.74 Å². The molecule has 0 aromatic heterocycles. The van der Waals surface area contributed by atoms with Crippen molar-refractivity contribution in [1.29, 1.82) is 0 Å². The van der Waals surface area contributed by atoms with Gasteiger partial charge in [-0.15, -0.1) is 0 Å². The van der Waals surface area contributed by atoms with Gasteiger partial charge in [0.2, 0.25) is 0 Å². The molecule has 4 aromatic carbocycles. The largest absolute Gasteiger partial charge is 0.473 e. The second-order valence-corrected chi connectivity index (χ2v) is 8.93.